The number of pyridine rings is 1. The van der Waals surface area contributed by atoms with Crippen LogP contribution in [-0.4, -0.2) is 61.5 Å². The minimum Gasteiger partial charge on any atom is -0.471 e. The molecule has 2 aromatic heterocycles. The van der Waals surface area contributed by atoms with E-state index in [9.17, 15) is 18.7 Å². The van der Waals surface area contributed by atoms with Gasteiger partial charge in [-0.2, -0.15) is 15.0 Å². The molecule has 3 atom stereocenters. The van der Waals surface area contributed by atoms with Crippen LogP contribution in [0.5, 0.6) is 5.88 Å². The van der Waals surface area contributed by atoms with Crippen LogP contribution in [0.15, 0.2) is 24.5 Å². The molecule has 0 bridgehead atoms. The number of carbonyl (C=O) groups is 1. The van der Waals surface area contributed by atoms with E-state index in [1.807, 2.05) is 6.92 Å². The van der Waals surface area contributed by atoms with Crippen LogP contribution in [0.2, 0.25) is 0 Å². The first-order chi connectivity index (χ1) is 13.4. The standard InChI is InChI=1S/C18H23F2N5O3/c1-11-5-6-13(25-22-8-15(23-25)12(2)26)9-24(11)18(27)14-4-3-7-21-17(14)28-10-16(19)20/h3-4,7-8,11-13,16,26H,5-6,9-10H2,1-2H3/t11-,12?,13?/m1/s1. The first-order valence-electron chi connectivity index (χ1n) is 9.13. The highest BCUT2D eigenvalue weighted by atomic mass is 19.3. The number of hydrogen-bond acceptors (Lipinski definition) is 6. The highest BCUT2D eigenvalue weighted by Crippen LogP contribution is 2.28. The van der Waals surface area contributed by atoms with Crippen LogP contribution >= 0.6 is 0 Å². The Hall–Kier alpha value is -2.62. The molecule has 2 unspecified atom stereocenters. The summed E-state index contributed by atoms with van der Waals surface area (Å²) < 4.78 is 30.0. The Labute approximate surface area is 161 Å². The third kappa shape index (κ3) is 4.44. The van der Waals surface area contributed by atoms with Crippen molar-refractivity contribution in [1.29, 1.82) is 0 Å². The van der Waals surface area contributed by atoms with Crippen molar-refractivity contribution in [2.24, 2.45) is 0 Å². The zero-order valence-corrected chi connectivity index (χ0v) is 15.7. The number of likely N-dealkylation sites (tertiary alicyclic amines) is 1. The summed E-state index contributed by atoms with van der Waals surface area (Å²) in [5.74, 6) is -0.437. The molecule has 152 valence electrons. The molecule has 3 rings (SSSR count). The molecule has 0 spiro atoms. The lowest BCUT2D eigenvalue weighted by Crippen LogP contribution is -2.46. The van der Waals surface area contributed by atoms with Gasteiger partial charge in [0.25, 0.3) is 12.3 Å². The molecular formula is C18H23F2N5O3. The summed E-state index contributed by atoms with van der Waals surface area (Å²) in [6.07, 6.45) is 1.03. The predicted octanol–water partition coefficient (Wildman–Crippen LogP) is 2.24. The molecule has 1 saturated heterocycles. The van der Waals surface area contributed by atoms with Crippen LogP contribution in [0, 0.1) is 0 Å². The summed E-state index contributed by atoms with van der Waals surface area (Å²) in [5.41, 5.74) is 0.611. The molecule has 1 N–H and O–H groups in total. The molecule has 1 aliphatic heterocycles. The lowest BCUT2D eigenvalue weighted by molar-refractivity contribution is 0.0526. The van der Waals surface area contributed by atoms with E-state index in [4.69, 9.17) is 4.74 Å². The van der Waals surface area contributed by atoms with Gasteiger partial charge in [-0.05, 0) is 38.8 Å². The average molecular weight is 395 g/mol. The Morgan fingerprint density at radius 1 is 1.43 bits per heavy atom. The van der Waals surface area contributed by atoms with E-state index in [2.05, 4.69) is 15.2 Å². The number of piperidine rings is 1. The van der Waals surface area contributed by atoms with Crippen molar-refractivity contribution in [3.8, 4) is 5.88 Å². The Bertz CT molecular complexity index is 814. The summed E-state index contributed by atoms with van der Waals surface area (Å²) in [5, 5.41) is 18.1. The van der Waals surface area contributed by atoms with Crippen molar-refractivity contribution in [3.63, 3.8) is 0 Å². The van der Waals surface area contributed by atoms with Crippen LogP contribution in [-0.2, 0) is 0 Å². The lowest BCUT2D eigenvalue weighted by Gasteiger charge is -2.37. The third-order valence-electron chi connectivity index (χ3n) is 4.75. The highest BCUT2D eigenvalue weighted by Gasteiger charge is 2.33. The minimum atomic E-state index is -2.66. The number of hydrogen-bond donors (Lipinski definition) is 1. The molecular weight excluding hydrogens is 372 g/mol. The fourth-order valence-electron chi connectivity index (χ4n) is 3.18. The number of ether oxygens (including phenoxy) is 1. The van der Waals surface area contributed by atoms with Gasteiger partial charge in [-0.1, -0.05) is 0 Å². The molecule has 1 aliphatic rings. The van der Waals surface area contributed by atoms with Crippen molar-refractivity contribution in [3.05, 3.63) is 35.8 Å². The number of amides is 1. The lowest BCUT2D eigenvalue weighted by atomic mass is 9.98. The second-order valence-corrected chi connectivity index (χ2v) is 6.86. The maximum atomic E-state index is 13.1. The number of halogens is 2. The Kier molecular flexibility index (Phi) is 6.18. The van der Waals surface area contributed by atoms with E-state index in [0.29, 0.717) is 12.2 Å². The molecule has 0 aliphatic carbocycles. The summed E-state index contributed by atoms with van der Waals surface area (Å²) >= 11 is 0. The molecule has 1 amide bonds. The van der Waals surface area contributed by atoms with Crippen LogP contribution in [0.3, 0.4) is 0 Å². The van der Waals surface area contributed by atoms with Gasteiger partial charge in [-0.15, -0.1) is 0 Å². The van der Waals surface area contributed by atoms with Gasteiger partial charge in [0.15, 0.2) is 6.61 Å². The first-order valence-corrected chi connectivity index (χ1v) is 9.13. The van der Waals surface area contributed by atoms with E-state index >= 15 is 0 Å². The van der Waals surface area contributed by atoms with Crippen molar-refractivity contribution in [1.82, 2.24) is 24.9 Å². The SMILES string of the molecule is CC(O)c1cnn(C2CC[C@@H](C)N(C(=O)c3cccnc3OCC(F)F)C2)n1. The van der Waals surface area contributed by atoms with E-state index < -0.39 is 19.1 Å². The van der Waals surface area contributed by atoms with Gasteiger partial charge in [-0.25, -0.2) is 13.8 Å². The van der Waals surface area contributed by atoms with Crippen molar-refractivity contribution >= 4 is 5.91 Å². The van der Waals surface area contributed by atoms with Crippen molar-refractivity contribution in [2.45, 2.75) is 51.3 Å². The first kappa shape index (κ1) is 20.1. The fraction of sp³-hybridized carbons (Fsp3) is 0.556. The van der Waals surface area contributed by atoms with Gasteiger partial charge < -0.3 is 14.7 Å². The van der Waals surface area contributed by atoms with Gasteiger partial charge in [0, 0.05) is 18.8 Å². The monoisotopic (exact) mass is 395 g/mol. The van der Waals surface area contributed by atoms with Crippen LogP contribution in [0.4, 0.5) is 8.78 Å². The smallest absolute Gasteiger partial charge is 0.272 e. The second-order valence-electron chi connectivity index (χ2n) is 6.86. The maximum Gasteiger partial charge on any atom is 0.272 e. The second kappa shape index (κ2) is 8.59. The molecule has 1 fully saturated rings. The number of aromatic nitrogens is 4. The molecule has 8 nitrogen and oxygen atoms in total. The van der Waals surface area contributed by atoms with E-state index in [-0.39, 0.29) is 29.4 Å². The number of alkyl halides is 2. The average Bonchev–Trinajstić information content (AvgIpc) is 3.17. The topological polar surface area (TPSA) is 93.4 Å². The van der Waals surface area contributed by atoms with Gasteiger partial charge in [0.05, 0.1) is 18.3 Å². The third-order valence-corrected chi connectivity index (χ3v) is 4.75. The van der Waals surface area contributed by atoms with Crippen LogP contribution in [0.25, 0.3) is 0 Å². The van der Waals surface area contributed by atoms with E-state index in [1.165, 1.54) is 23.3 Å². The zero-order chi connectivity index (χ0) is 20.3. The van der Waals surface area contributed by atoms with E-state index in [1.54, 1.807) is 17.9 Å². The Balaban J connectivity index is 1.78. The van der Waals surface area contributed by atoms with Gasteiger partial charge in [0.1, 0.15) is 11.3 Å². The normalized spacial score (nSPS) is 21.0. The zero-order valence-electron chi connectivity index (χ0n) is 15.7. The summed E-state index contributed by atoms with van der Waals surface area (Å²) in [6, 6.07) is 2.90. The quantitative estimate of drug-likeness (QED) is 0.806. The van der Waals surface area contributed by atoms with Crippen LogP contribution in [0.1, 0.15) is 54.9 Å². The summed E-state index contributed by atoms with van der Waals surface area (Å²) in [7, 11) is 0. The maximum absolute atomic E-state index is 13.1. The van der Waals surface area contributed by atoms with Gasteiger partial charge >= 0.3 is 0 Å². The minimum absolute atomic E-state index is 0.0429. The number of carbonyl (C=O) groups excluding carboxylic acids is 1. The summed E-state index contributed by atoms with van der Waals surface area (Å²) in [4.78, 5) is 20.2. The molecule has 0 radical (unpaired) electrons. The largest absolute Gasteiger partial charge is 0.471 e. The van der Waals surface area contributed by atoms with Crippen LogP contribution < -0.4 is 4.74 Å². The van der Waals surface area contributed by atoms with Crippen molar-refractivity contribution < 1.29 is 23.4 Å². The van der Waals surface area contributed by atoms with Crippen molar-refractivity contribution in [2.75, 3.05) is 13.2 Å². The van der Waals surface area contributed by atoms with Gasteiger partial charge in [-0.3, -0.25) is 4.79 Å². The molecule has 0 saturated carbocycles. The molecule has 10 heteroatoms. The van der Waals surface area contributed by atoms with E-state index in [0.717, 1.165) is 12.8 Å². The Morgan fingerprint density at radius 2 is 2.21 bits per heavy atom. The number of rotatable bonds is 6. The number of aliphatic hydroxyl groups is 1. The highest BCUT2D eigenvalue weighted by molar-refractivity contribution is 5.96. The fourth-order valence-corrected chi connectivity index (χ4v) is 3.18. The molecule has 2 aromatic rings. The Morgan fingerprint density at radius 3 is 2.89 bits per heavy atom. The number of aliphatic hydroxyl groups excluding tert-OH is 1. The van der Waals surface area contributed by atoms with Gasteiger partial charge in [0.2, 0.25) is 5.88 Å². The molecule has 0 aromatic carbocycles. The molecule has 3 heterocycles. The predicted molar refractivity (Wildman–Crippen MR) is 95.2 cm³/mol. The number of nitrogens with zero attached hydrogens (tertiary/aromatic N) is 5. The summed E-state index contributed by atoms with van der Waals surface area (Å²) in [6.45, 7) is 3.07. The molecule has 28 heavy (non-hydrogen) atoms.